The average molecular weight is 311 g/mol. The zero-order valence-electron chi connectivity index (χ0n) is 10.1. The van der Waals surface area contributed by atoms with Gasteiger partial charge in [-0.05, 0) is 42.8 Å². The molecule has 1 aromatic carbocycles. The van der Waals surface area contributed by atoms with E-state index in [0.29, 0.717) is 5.92 Å². The van der Waals surface area contributed by atoms with E-state index in [2.05, 4.69) is 58.4 Å². The van der Waals surface area contributed by atoms with Crippen LogP contribution in [0.25, 0.3) is 5.69 Å². The number of imidazole rings is 1. The molecule has 1 aromatic heterocycles. The molecule has 0 saturated carbocycles. The molecule has 0 bridgehead atoms. The molecular formula is C13H15BrN2S. The second-order valence-corrected chi connectivity index (χ2v) is 5.74. The number of hydrogen-bond donors (Lipinski definition) is 1. The summed E-state index contributed by atoms with van der Waals surface area (Å²) in [5.41, 5.74) is 3.55. The molecule has 0 aliphatic heterocycles. The number of hydrogen-bond acceptors (Lipinski definition) is 1. The van der Waals surface area contributed by atoms with E-state index in [-0.39, 0.29) is 0 Å². The van der Waals surface area contributed by atoms with Crippen LogP contribution >= 0.6 is 28.1 Å². The Bertz CT molecular complexity index is 596. The van der Waals surface area contributed by atoms with E-state index in [1.807, 2.05) is 12.3 Å². The molecule has 0 aliphatic carbocycles. The fourth-order valence-corrected chi connectivity index (χ4v) is 2.49. The van der Waals surface area contributed by atoms with Gasteiger partial charge in [0.15, 0.2) is 4.77 Å². The standard InChI is InChI=1S/C13H15BrN2S/c1-8(2)12-7-15-13(17)16(12)11-6-10(14)5-4-9(11)3/h4-8H,1-3H3,(H,15,17). The van der Waals surface area contributed by atoms with Crippen LogP contribution in [0.3, 0.4) is 0 Å². The Morgan fingerprint density at radius 1 is 1.35 bits per heavy atom. The second-order valence-electron chi connectivity index (χ2n) is 4.44. The predicted octanol–water partition coefficient (Wildman–Crippen LogP) is 4.73. The molecule has 1 heterocycles. The van der Waals surface area contributed by atoms with Gasteiger partial charge in [0.1, 0.15) is 0 Å². The van der Waals surface area contributed by atoms with E-state index < -0.39 is 0 Å². The third-order valence-corrected chi connectivity index (χ3v) is 3.60. The molecule has 0 amide bonds. The van der Waals surface area contributed by atoms with Crippen molar-refractivity contribution in [2.45, 2.75) is 26.7 Å². The lowest BCUT2D eigenvalue weighted by Gasteiger charge is -2.13. The fraction of sp³-hybridized carbons (Fsp3) is 0.308. The minimum atomic E-state index is 0.432. The predicted molar refractivity (Wildman–Crippen MR) is 77.5 cm³/mol. The molecule has 4 heteroatoms. The Morgan fingerprint density at radius 2 is 2.06 bits per heavy atom. The largest absolute Gasteiger partial charge is 0.337 e. The molecule has 0 spiro atoms. The van der Waals surface area contributed by atoms with Crippen LogP contribution < -0.4 is 0 Å². The lowest BCUT2D eigenvalue weighted by molar-refractivity contribution is 0.781. The van der Waals surface area contributed by atoms with E-state index >= 15 is 0 Å². The molecule has 0 radical (unpaired) electrons. The van der Waals surface area contributed by atoms with Gasteiger partial charge in [-0.3, -0.25) is 4.57 Å². The highest BCUT2D eigenvalue weighted by molar-refractivity contribution is 9.10. The quantitative estimate of drug-likeness (QED) is 0.795. The number of aromatic nitrogens is 2. The number of H-pyrrole nitrogens is 1. The van der Waals surface area contributed by atoms with Crippen molar-refractivity contribution in [2.75, 3.05) is 0 Å². The summed E-state index contributed by atoms with van der Waals surface area (Å²) in [4.78, 5) is 3.13. The van der Waals surface area contributed by atoms with Crippen LogP contribution in [-0.4, -0.2) is 9.55 Å². The first-order valence-corrected chi connectivity index (χ1v) is 6.77. The SMILES string of the molecule is Cc1ccc(Br)cc1-n1c(C(C)C)c[nH]c1=S. The van der Waals surface area contributed by atoms with Gasteiger partial charge in [0.2, 0.25) is 0 Å². The van der Waals surface area contributed by atoms with Crippen LogP contribution in [-0.2, 0) is 0 Å². The molecule has 2 rings (SSSR count). The number of aromatic amines is 1. The zero-order chi connectivity index (χ0) is 12.6. The molecule has 90 valence electrons. The van der Waals surface area contributed by atoms with E-state index in [0.717, 1.165) is 14.9 Å². The van der Waals surface area contributed by atoms with Gasteiger partial charge in [0.05, 0.1) is 5.69 Å². The summed E-state index contributed by atoms with van der Waals surface area (Å²) < 4.78 is 3.92. The first-order valence-electron chi connectivity index (χ1n) is 5.57. The Labute approximate surface area is 115 Å². The minimum Gasteiger partial charge on any atom is -0.337 e. The van der Waals surface area contributed by atoms with Crippen molar-refractivity contribution in [1.82, 2.24) is 9.55 Å². The number of aryl methyl sites for hydroxylation is 1. The summed E-state index contributed by atoms with van der Waals surface area (Å²) in [7, 11) is 0. The maximum atomic E-state index is 5.37. The van der Waals surface area contributed by atoms with E-state index in [4.69, 9.17) is 12.2 Å². The van der Waals surface area contributed by atoms with Gasteiger partial charge in [0.25, 0.3) is 0 Å². The summed E-state index contributed by atoms with van der Waals surface area (Å²) in [6, 6.07) is 6.24. The highest BCUT2D eigenvalue weighted by Crippen LogP contribution is 2.25. The van der Waals surface area contributed by atoms with Crippen molar-refractivity contribution in [3.05, 3.63) is 44.9 Å². The monoisotopic (exact) mass is 310 g/mol. The van der Waals surface area contributed by atoms with E-state index in [9.17, 15) is 0 Å². The van der Waals surface area contributed by atoms with Crippen LogP contribution in [0.5, 0.6) is 0 Å². The van der Waals surface area contributed by atoms with Crippen molar-refractivity contribution in [3.63, 3.8) is 0 Å². The maximum absolute atomic E-state index is 5.37. The number of nitrogens with one attached hydrogen (secondary N) is 1. The topological polar surface area (TPSA) is 20.7 Å². The molecule has 1 N–H and O–H groups in total. The maximum Gasteiger partial charge on any atom is 0.182 e. The van der Waals surface area contributed by atoms with Gasteiger partial charge in [0, 0.05) is 16.4 Å². The van der Waals surface area contributed by atoms with Crippen LogP contribution in [0.2, 0.25) is 0 Å². The number of benzene rings is 1. The van der Waals surface area contributed by atoms with Gasteiger partial charge in [-0.15, -0.1) is 0 Å². The Morgan fingerprint density at radius 3 is 2.71 bits per heavy atom. The molecule has 17 heavy (non-hydrogen) atoms. The molecule has 0 aliphatic rings. The lowest BCUT2D eigenvalue weighted by Crippen LogP contribution is -2.03. The van der Waals surface area contributed by atoms with Crippen LogP contribution in [0.4, 0.5) is 0 Å². The van der Waals surface area contributed by atoms with Crippen molar-refractivity contribution in [2.24, 2.45) is 0 Å². The fourth-order valence-electron chi connectivity index (χ4n) is 1.88. The summed E-state index contributed by atoms with van der Waals surface area (Å²) >= 11 is 8.88. The molecule has 2 nitrogen and oxygen atoms in total. The van der Waals surface area contributed by atoms with Crippen LogP contribution in [0, 0.1) is 11.7 Å². The van der Waals surface area contributed by atoms with Crippen molar-refractivity contribution < 1.29 is 0 Å². The number of rotatable bonds is 2. The van der Waals surface area contributed by atoms with Crippen molar-refractivity contribution in [1.29, 1.82) is 0 Å². The van der Waals surface area contributed by atoms with Crippen molar-refractivity contribution >= 4 is 28.1 Å². The summed E-state index contributed by atoms with van der Waals surface area (Å²) in [6.07, 6.45) is 1.99. The molecule has 0 atom stereocenters. The molecule has 0 unspecified atom stereocenters. The lowest BCUT2D eigenvalue weighted by atomic mass is 10.1. The number of halogens is 1. The molecule has 0 fully saturated rings. The third kappa shape index (κ3) is 2.38. The van der Waals surface area contributed by atoms with E-state index in [1.165, 1.54) is 11.3 Å². The second kappa shape index (κ2) is 4.78. The highest BCUT2D eigenvalue weighted by Gasteiger charge is 2.11. The summed E-state index contributed by atoms with van der Waals surface area (Å²) in [5, 5.41) is 0. The Balaban J connectivity index is 2.72. The summed E-state index contributed by atoms with van der Waals surface area (Å²) in [6.45, 7) is 6.43. The zero-order valence-corrected chi connectivity index (χ0v) is 12.5. The van der Waals surface area contributed by atoms with Gasteiger partial charge in [-0.1, -0.05) is 35.8 Å². The van der Waals surface area contributed by atoms with Crippen LogP contribution in [0.1, 0.15) is 31.0 Å². The first kappa shape index (κ1) is 12.6. The van der Waals surface area contributed by atoms with Gasteiger partial charge < -0.3 is 4.98 Å². The minimum absolute atomic E-state index is 0.432. The van der Waals surface area contributed by atoms with Gasteiger partial charge >= 0.3 is 0 Å². The Hall–Kier alpha value is -0.870. The molecule has 0 saturated heterocycles. The first-order chi connectivity index (χ1) is 8.00. The highest BCUT2D eigenvalue weighted by atomic mass is 79.9. The van der Waals surface area contributed by atoms with Gasteiger partial charge in [-0.25, -0.2) is 0 Å². The number of nitrogens with zero attached hydrogens (tertiary/aromatic N) is 1. The third-order valence-electron chi connectivity index (χ3n) is 2.81. The molecular weight excluding hydrogens is 296 g/mol. The normalized spacial score (nSPS) is 11.1. The molecule has 2 aromatic rings. The smallest absolute Gasteiger partial charge is 0.182 e. The Kier molecular flexibility index (Phi) is 3.54. The summed E-state index contributed by atoms with van der Waals surface area (Å²) in [5.74, 6) is 0.432. The van der Waals surface area contributed by atoms with Gasteiger partial charge in [-0.2, -0.15) is 0 Å². The average Bonchev–Trinajstić information content (AvgIpc) is 2.64. The van der Waals surface area contributed by atoms with E-state index in [1.54, 1.807) is 0 Å². The van der Waals surface area contributed by atoms with Crippen molar-refractivity contribution in [3.8, 4) is 5.69 Å². The van der Waals surface area contributed by atoms with Crippen LogP contribution in [0.15, 0.2) is 28.9 Å².